The van der Waals surface area contributed by atoms with Gasteiger partial charge in [-0.2, -0.15) is 0 Å². The standard InChI is InChI=1S/C12H20N2O6S2/c15-7-1-3-11(9(5-7)13(17)18)21-22-12-4-2-8(16)6-10(12)14(19)20/h7-12,15-16H,1-6H2/t7-,8+,9-,10-,11+,12+/m0/s1. The summed E-state index contributed by atoms with van der Waals surface area (Å²) < 4.78 is 0. The minimum Gasteiger partial charge on any atom is -0.393 e. The number of nitro groups is 2. The van der Waals surface area contributed by atoms with E-state index in [4.69, 9.17) is 0 Å². The van der Waals surface area contributed by atoms with E-state index >= 15 is 0 Å². The fraction of sp³-hybridized carbons (Fsp3) is 1.00. The highest BCUT2D eigenvalue weighted by atomic mass is 33.1. The Hall–Kier alpha value is -0.580. The van der Waals surface area contributed by atoms with E-state index in [-0.39, 0.29) is 33.2 Å². The summed E-state index contributed by atoms with van der Waals surface area (Å²) in [7, 11) is 2.69. The largest absolute Gasteiger partial charge is 0.393 e. The van der Waals surface area contributed by atoms with Crippen molar-refractivity contribution < 1.29 is 20.1 Å². The maximum atomic E-state index is 11.1. The molecule has 2 fully saturated rings. The van der Waals surface area contributed by atoms with Gasteiger partial charge in [-0.3, -0.25) is 20.2 Å². The molecule has 2 rings (SSSR count). The normalized spacial score (nSPS) is 39.4. The van der Waals surface area contributed by atoms with Crippen LogP contribution >= 0.6 is 21.6 Å². The van der Waals surface area contributed by atoms with Crippen molar-refractivity contribution in [2.24, 2.45) is 0 Å². The van der Waals surface area contributed by atoms with Crippen molar-refractivity contribution in [3.63, 3.8) is 0 Å². The van der Waals surface area contributed by atoms with Gasteiger partial charge in [0.25, 0.3) is 0 Å². The highest BCUT2D eigenvalue weighted by Crippen LogP contribution is 2.43. The fourth-order valence-corrected chi connectivity index (χ4v) is 6.64. The summed E-state index contributed by atoms with van der Waals surface area (Å²) in [5, 5.41) is 40.9. The lowest BCUT2D eigenvalue weighted by Gasteiger charge is -2.31. The van der Waals surface area contributed by atoms with Gasteiger partial charge in [0.05, 0.1) is 22.7 Å². The molecular weight excluding hydrogens is 332 g/mol. The number of rotatable bonds is 5. The molecule has 0 bridgehead atoms. The zero-order valence-electron chi connectivity index (χ0n) is 11.9. The van der Waals surface area contributed by atoms with Crippen molar-refractivity contribution in [1.29, 1.82) is 0 Å². The first-order chi connectivity index (χ1) is 10.4. The maximum absolute atomic E-state index is 11.1. The Labute approximate surface area is 135 Å². The van der Waals surface area contributed by atoms with E-state index in [1.807, 2.05) is 0 Å². The van der Waals surface area contributed by atoms with Crippen molar-refractivity contribution in [1.82, 2.24) is 0 Å². The number of aliphatic hydroxyl groups excluding tert-OH is 2. The Morgan fingerprint density at radius 1 is 0.773 bits per heavy atom. The van der Waals surface area contributed by atoms with Crippen LogP contribution in [0.2, 0.25) is 0 Å². The molecule has 126 valence electrons. The van der Waals surface area contributed by atoms with Gasteiger partial charge in [0, 0.05) is 22.7 Å². The first-order valence-electron chi connectivity index (χ1n) is 7.33. The van der Waals surface area contributed by atoms with E-state index in [1.54, 1.807) is 0 Å². The molecule has 0 heterocycles. The van der Waals surface area contributed by atoms with E-state index in [0.29, 0.717) is 25.7 Å². The first kappa shape index (κ1) is 17.8. The van der Waals surface area contributed by atoms with Crippen molar-refractivity contribution in [3.8, 4) is 0 Å². The second-order valence-corrected chi connectivity index (χ2v) is 8.66. The summed E-state index contributed by atoms with van der Waals surface area (Å²) in [6.45, 7) is 0. The zero-order chi connectivity index (χ0) is 16.3. The number of nitrogens with zero attached hydrogens (tertiary/aromatic N) is 2. The Balaban J connectivity index is 1.92. The summed E-state index contributed by atoms with van der Waals surface area (Å²) in [5.41, 5.74) is 0. The van der Waals surface area contributed by atoms with Crippen molar-refractivity contribution in [2.45, 2.75) is 73.3 Å². The molecule has 0 aromatic rings. The topological polar surface area (TPSA) is 127 Å². The van der Waals surface area contributed by atoms with Crippen molar-refractivity contribution in [3.05, 3.63) is 20.2 Å². The van der Waals surface area contributed by atoms with Crippen LogP contribution < -0.4 is 0 Å². The third-order valence-corrected chi connectivity index (χ3v) is 7.82. The van der Waals surface area contributed by atoms with Crippen LogP contribution in [0.25, 0.3) is 0 Å². The molecule has 8 nitrogen and oxygen atoms in total. The molecule has 0 unspecified atom stereocenters. The molecule has 0 amide bonds. The van der Waals surface area contributed by atoms with Gasteiger partial charge in [0.15, 0.2) is 0 Å². The summed E-state index contributed by atoms with van der Waals surface area (Å²) >= 11 is 0. The molecular formula is C12H20N2O6S2. The molecule has 2 saturated carbocycles. The maximum Gasteiger partial charge on any atom is 0.228 e. The second-order valence-electron chi connectivity index (χ2n) is 5.91. The van der Waals surface area contributed by atoms with E-state index < -0.39 is 24.3 Å². The zero-order valence-corrected chi connectivity index (χ0v) is 13.6. The van der Waals surface area contributed by atoms with Crippen molar-refractivity contribution >= 4 is 21.6 Å². The van der Waals surface area contributed by atoms with E-state index in [1.165, 1.54) is 21.6 Å². The molecule has 2 aliphatic carbocycles. The van der Waals surface area contributed by atoms with Crippen LogP contribution in [0.4, 0.5) is 0 Å². The van der Waals surface area contributed by atoms with Crippen LogP contribution in [-0.2, 0) is 0 Å². The van der Waals surface area contributed by atoms with Crippen LogP contribution in [0, 0.1) is 20.2 Å². The number of hydrogen-bond acceptors (Lipinski definition) is 8. The lowest BCUT2D eigenvalue weighted by molar-refractivity contribution is -0.526. The molecule has 0 spiro atoms. The highest BCUT2D eigenvalue weighted by molar-refractivity contribution is 8.77. The second kappa shape index (κ2) is 7.80. The molecule has 0 aromatic heterocycles. The Morgan fingerprint density at radius 3 is 1.45 bits per heavy atom. The van der Waals surface area contributed by atoms with Crippen LogP contribution in [0.15, 0.2) is 0 Å². The lowest BCUT2D eigenvalue weighted by Crippen LogP contribution is -2.41. The monoisotopic (exact) mass is 352 g/mol. The molecule has 0 radical (unpaired) electrons. The summed E-state index contributed by atoms with van der Waals surface area (Å²) in [5.74, 6) is 0. The molecule has 22 heavy (non-hydrogen) atoms. The SMILES string of the molecule is O=[N+]([O-])[C@H]1C[C@H](O)CC[C@H]1SS[C@@H]1CC[C@H](O)C[C@@H]1[N+](=O)[O-]. The third-order valence-electron chi connectivity index (χ3n) is 4.30. The van der Waals surface area contributed by atoms with Gasteiger partial charge in [-0.15, -0.1) is 0 Å². The minimum atomic E-state index is -0.801. The van der Waals surface area contributed by atoms with Gasteiger partial charge in [0.2, 0.25) is 12.1 Å². The quantitative estimate of drug-likeness (QED) is 0.433. The van der Waals surface area contributed by atoms with E-state index in [0.717, 1.165) is 0 Å². The predicted octanol–water partition coefficient (Wildman–Crippen LogP) is 1.49. The van der Waals surface area contributed by atoms with Gasteiger partial charge in [0.1, 0.15) is 0 Å². The van der Waals surface area contributed by atoms with Crippen LogP contribution in [0.3, 0.4) is 0 Å². The van der Waals surface area contributed by atoms with Crippen molar-refractivity contribution in [2.75, 3.05) is 0 Å². The smallest absolute Gasteiger partial charge is 0.228 e. The molecule has 6 atom stereocenters. The average molecular weight is 352 g/mol. The summed E-state index contributed by atoms with van der Waals surface area (Å²) in [6, 6.07) is -1.60. The molecule has 10 heteroatoms. The fourth-order valence-electron chi connectivity index (χ4n) is 3.01. The highest BCUT2D eigenvalue weighted by Gasteiger charge is 2.42. The van der Waals surface area contributed by atoms with Gasteiger partial charge in [-0.05, 0) is 25.7 Å². The van der Waals surface area contributed by atoms with Crippen LogP contribution in [0.5, 0.6) is 0 Å². The molecule has 0 aliphatic heterocycles. The molecule has 0 aromatic carbocycles. The van der Waals surface area contributed by atoms with Gasteiger partial charge in [-0.25, -0.2) is 0 Å². The predicted molar refractivity (Wildman–Crippen MR) is 84.0 cm³/mol. The lowest BCUT2D eigenvalue weighted by atomic mass is 9.93. The van der Waals surface area contributed by atoms with Crippen LogP contribution in [0.1, 0.15) is 38.5 Å². The molecule has 2 aliphatic rings. The Bertz CT molecular complexity index is 388. The summed E-state index contributed by atoms with van der Waals surface area (Å²) in [6.07, 6.45) is 1.18. The van der Waals surface area contributed by atoms with Gasteiger partial charge in [-0.1, -0.05) is 21.6 Å². The molecule has 2 N–H and O–H groups in total. The Kier molecular flexibility index (Phi) is 6.30. The summed E-state index contributed by atoms with van der Waals surface area (Å²) in [4.78, 5) is 21.5. The van der Waals surface area contributed by atoms with Gasteiger partial charge < -0.3 is 10.2 Å². The van der Waals surface area contributed by atoms with E-state index in [9.17, 15) is 30.4 Å². The van der Waals surface area contributed by atoms with Gasteiger partial charge >= 0.3 is 0 Å². The Morgan fingerprint density at radius 2 is 1.14 bits per heavy atom. The average Bonchev–Trinajstić information content (AvgIpc) is 2.46. The minimum absolute atomic E-state index is 0.146. The first-order valence-corrected chi connectivity index (χ1v) is 9.61. The number of aliphatic hydroxyl groups is 2. The van der Waals surface area contributed by atoms with E-state index in [2.05, 4.69) is 0 Å². The third kappa shape index (κ3) is 4.46. The van der Waals surface area contributed by atoms with Crippen LogP contribution in [-0.4, -0.2) is 54.9 Å². The molecule has 0 saturated heterocycles. The number of hydrogen-bond donors (Lipinski definition) is 2.